The van der Waals surface area contributed by atoms with Crippen LogP contribution in [0.5, 0.6) is 0 Å². The van der Waals surface area contributed by atoms with Crippen LogP contribution in [0.25, 0.3) is 0 Å². The maximum absolute atomic E-state index is 11.4. The Hall–Kier alpha value is -1.43. The zero-order valence-corrected chi connectivity index (χ0v) is 8.77. The number of hydrogen-bond donors (Lipinski definition) is 0. The van der Waals surface area contributed by atoms with E-state index in [0.29, 0.717) is 0 Å². The minimum absolute atomic E-state index is 0.551. The summed E-state index contributed by atoms with van der Waals surface area (Å²) < 4.78 is 23.7. The maximum Gasteiger partial charge on any atom is 0.232 e. The van der Waals surface area contributed by atoms with Crippen molar-refractivity contribution in [2.75, 3.05) is 6.26 Å². The topological polar surface area (TPSA) is 71.5 Å². The lowest BCUT2D eigenvalue weighted by molar-refractivity contribution is -0.136. The van der Waals surface area contributed by atoms with Gasteiger partial charge in [0.05, 0.1) is 18.2 Å². The molecule has 2 aliphatic rings. The van der Waals surface area contributed by atoms with Crippen molar-refractivity contribution >= 4 is 21.6 Å². The van der Waals surface area contributed by atoms with Crippen molar-refractivity contribution < 1.29 is 18.0 Å². The molecule has 80 valence electrons. The molecule has 0 N–H and O–H groups in total. The SMILES string of the molecule is CS(=O)(=O)N1C=CC2C(=O)C(=O)C=CC21. The van der Waals surface area contributed by atoms with Gasteiger partial charge in [0.1, 0.15) is 0 Å². The van der Waals surface area contributed by atoms with E-state index in [0.717, 1.165) is 16.6 Å². The second-order valence-electron chi connectivity index (χ2n) is 3.54. The van der Waals surface area contributed by atoms with Gasteiger partial charge in [0.25, 0.3) is 0 Å². The fourth-order valence-corrected chi connectivity index (χ4v) is 2.70. The van der Waals surface area contributed by atoms with Crippen molar-refractivity contribution in [1.29, 1.82) is 0 Å². The van der Waals surface area contributed by atoms with Gasteiger partial charge in [-0.05, 0) is 6.08 Å². The summed E-state index contributed by atoms with van der Waals surface area (Å²) >= 11 is 0. The van der Waals surface area contributed by atoms with Gasteiger partial charge in [-0.15, -0.1) is 0 Å². The highest BCUT2D eigenvalue weighted by molar-refractivity contribution is 7.88. The molecule has 0 aromatic heterocycles. The molecule has 2 rings (SSSR count). The Morgan fingerprint density at radius 1 is 1.27 bits per heavy atom. The second-order valence-corrected chi connectivity index (χ2v) is 5.43. The molecule has 2 atom stereocenters. The average molecular weight is 227 g/mol. The summed E-state index contributed by atoms with van der Waals surface area (Å²) in [5.41, 5.74) is 0. The van der Waals surface area contributed by atoms with Crippen LogP contribution in [0.3, 0.4) is 0 Å². The van der Waals surface area contributed by atoms with Crippen LogP contribution >= 0.6 is 0 Å². The number of allylic oxidation sites excluding steroid dienone is 1. The molecule has 0 bridgehead atoms. The first-order valence-electron chi connectivity index (χ1n) is 4.34. The van der Waals surface area contributed by atoms with E-state index in [2.05, 4.69) is 0 Å². The van der Waals surface area contributed by atoms with Gasteiger partial charge < -0.3 is 0 Å². The van der Waals surface area contributed by atoms with Crippen molar-refractivity contribution in [3.05, 3.63) is 24.4 Å². The van der Waals surface area contributed by atoms with E-state index in [1.165, 1.54) is 18.4 Å². The van der Waals surface area contributed by atoms with E-state index < -0.39 is 33.5 Å². The molecule has 0 aromatic rings. The van der Waals surface area contributed by atoms with E-state index in [4.69, 9.17) is 0 Å². The van der Waals surface area contributed by atoms with Crippen LogP contribution in [0.4, 0.5) is 0 Å². The Morgan fingerprint density at radius 2 is 1.93 bits per heavy atom. The fraction of sp³-hybridized carbons (Fsp3) is 0.333. The third-order valence-electron chi connectivity index (χ3n) is 2.48. The van der Waals surface area contributed by atoms with Gasteiger partial charge in [-0.25, -0.2) is 8.42 Å². The summed E-state index contributed by atoms with van der Waals surface area (Å²) in [6, 6.07) is -0.565. The highest BCUT2D eigenvalue weighted by Crippen LogP contribution is 2.28. The summed E-state index contributed by atoms with van der Waals surface area (Å²) in [6.07, 6.45) is 6.44. The Bertz CT molecular complexity index is 488. The number of rotatable bonds is 1. The smallest absolute Gasteiger partial charge is 0.232 e. The van der Waals surface area contributed by atoms with Crippen LogP contribution in [0.15, 0.2) is 24.4 Å². The standard InChI is InChI=1S/C9H9NO4S/c1-15(13,14)10-5-4-6-7(10)2-3-8(11)9(6)12/h2-7H,1H3. The largest absolute Gasteiger partial charge is 0.290 e. The summed E-state index contributed by atoms with van der Waals surface area (Å²) in [6.45, 7) is 0. The predicted molar refractivity (Wildman–Crippen MR) is 52.3 cm³/mol. The van der Waals surface area contributed by atoms with Crippen LogP contribution in [0.2, 0.25) is 0 Å². The number of carbonyl (C=O) groups is 2. The summed E-state index contributed by atoms with van der Waals surface area (Å²) in [5, 5.41) is 0. The molecule has 6 heteroatoms. The first-order chi connectivity index (χ1) is 6.91. The average Bonchev–Trinajstić information content (AvgIpc) is 2.54. The van der Waals surface area contributed by atoms with Crippen LogP contribution < -0.4 is 0 Å². The van der Waals surface area contributed by atoms with Crippen molar-refractivity contribution in [3.63, 3.8) is 0 Å². The summed E-state index contributed by atoms with van der Waals surface area (Å²) in [7, 11) is -3.38. The van der Waals surface area contributed by atoms with E-state index in [9.17, 15) is 18.0 Å². The highest BCUT2D eigenvalue weighted by Gasteiger charge is 2.41. The molecule has 0 fully saturated rings. The van der Waals surface area contributed by atoms with Gasteiger partial charge in [-0.2, -0.15) is 0 Å². The molecule has 0 spiro atoms. The van der Waals surface area contributed by atoms with E-state index >= 15 is 0 Å². The minimum atomic E-state index is -3.38. The molecule has 0 saturated heterocycles. The first kappa shape index (κ1) is 10.1. The molecule has 15 heavy (non-hydrogen) atoms. The zero-order chi connectivity index (χ0) is 11.2. The maximum atomic E-state index is 11.4. The number of ketones is 2. The zero-order valence-electron chi connectivity index (χ0n) is 7.95. The van der Waals surface area contributed by atoms with Gasteiger partial charge in [0, 0.05) is 6.20 Å². The predicted octanol–water partition coefficient (Wildman–Crippen LogP) is -0.532. The van der Waals surface area contributed by atoms with Crippen LogP contribution in [0.1, 0.15) is 0 Å². The Morgan fingerprint density at radius 3 is 2.53 bits per heavy atom. The van der Waals surface area contributed by atoms with Crippen molar-refractivity contribution in [1.82, 2.24) is 4.31 Å². The fourth-order valence-electron chi connectivity index (χ4n) is 1.76. The molecule has 1 aliphatic heterocycles. The van der Waals surface area contributed by atoms with Gasteiger partial charge in [0.2, 0.25) is 21.6 Å². The van der Waals surface area contributed by atoms with Crippen LogP contribution in [-0.4, -0.2) is 36.6 Å². The number of sulfonamides is 1. The number of carbonyl (C=O) groups excluding carboxylic acids is 2. The molecule has 0 radical (unpaired) electrons. The third-order valence-corrected chi connectivity index (χ3v) is 3.61. The van der Waals surface area contributed by atoms with Gasteiger partial charge in [-0.3, -0.25) is 13.9 Å². The van der Waals surface area contributed by atoms with Crippen molar-refractivity contribution in [2.45, 2.75) is 6.04 Å². The molecule has 5 nitrogen and oxygen atoms in total. The normalized spacial score (nSPS) is 29.8. The number of Topliss-reactive ketones (excluding diaryl/α,β-unsaturated/α-hetero) is 1. The molecule has 2 unspecified atom stereocenters. The lowest BCUT2D eigenvalue weighted by Gasteiger charge is -2.26. The lowest BCUT2D eigenvalue weighted by atomic mass is 9.90. The molecule has 0 amide bonds. The molecule has 1 aliphatic carbocycles. The van der Waals surface area contributed by atoms with Gasteiger partial charge in [0.15, 0.2) is 0 Å². The summed E-state index contributed by atoms with van der Waals surface area (Å²) in [5.74, 6) is -1.78. The van der Waals surface area contributed by atoms with Crippen LogP contribution in [-0.2, 0) is 19.6 Å². The van der Waals surface area contributed by atoms with E-state index in [-0.39, 0.29) is 0 Å². The second kappa shape index (κ2) is 3.03. The van der Waals surface area contributed by atoms with Crippen LogP contribution in [0, 0.1) is 5.92 Å². The minimum Gasteiger partial charge on any atom is -0.290 e. The third kappa shape index (κ3) is 1.50. The summed E-state index contributed by atoms with van der Waals surface area (Å²) in [4.78, 5) is 22.5. The first-order valence-corrected chi connectivity index (χ1v) is 6.19. The molecule has 0 saturated carbocycles. The van der Waals surface area contributed by atoms with Gasteiger partial charge in [-0.1, -0.05) is 12.2 Å². The number of nitrogens with zero attached hydrogens (tertiary/aromatic N) is 1. The molecular weight excluding hydrogens is 218 g/mol. The van der Waals surface area contributed by atoms with E-state index in [1.807, 2.05) is 0 Å². The number of hydrogen-bond acceptors (Lipinski definition) is 4. The molecule has 1 heterocycles. The monoisotopic (exact) mass is 227 g/mol. The Kier molecular flexibility index (Phi) is 2.04. The lowest BCUT2D eigenvalue weighted by Crippen LogP contribution is -2.41. The van der Waals surface area contributed by atoms with E-state index in [1.54, 1.807) is 0 Å². The van der Waals surface area contributed by atoms with Gasteiger partial charge >= 0.3 is 0 Å². The Labute approximate surface area is 87.1 Å². The number of fused-ring (bicyclic) bond motifs is 1. The van der Waals surface area contributed by atoms with Crippen molar-refractivity contribution in [2.24, 2.45) is 5.92 Å². The van der Waals surface area contributed by atoms with Crippen molar-refractivity contribution in [3.8, 4) is 0 Å². The molecular formula is C9H9NO4S. The Balaban J connectivity index is 2.41. The highest BCUT2D eigenvalue weighted by atomic mass is 32.2. The molecule has 0 aromatic carbocycles. The quantitative estimate of drug-likeness (QED) is 0.564.